The van der Waals surface area contributed by atoms with Crippen molar-refractivity contribution in [2.45, 2.75) is 172 Å². The molecule has 1 atom stereocenters. The lowest BCUT2D eigenvalue weighted by atomic mass is 10.00. The quantitative estimate of drug-likeness (QED) is 0.108. The molecule has 1 unspecified atom stereocenters. The van der Waals surface area contributed by atoms with E-state index in [-0.39, 0.29) is 60.5 Å². The lowest BCUT2D eigenvalue weighted by molar-refractivity contribution is -0.114. The molecule has 8 aliphatic heterocycles. The average molecular weight is 1650 g/mol. The SMILES string of the molecule is CC(C)N=C1S/C(=C\c2ccc3c(c2)CCO3)C(=O)N1c1ccccc1Cl.Cc1ccc(N2C(=O)/C(=C/c3ccc4c(c3)CCCO4)SC2=NC(C)C)c(C)c1.Cc1cccc(C)c1N1C(=O)/C(=C/c2ccc3c(c2)CCCO3)SC1=NC(C)C.Cc1cccc(N2C(=O)/C(=C/c3ccc4c(c3)CCC(CO)O4)SC2=NC(C)C)c1C. The number of nitrogens with zero attached hydrogens (tertiary/aromatic N) is 8. The first-order valence-corrected chi connectivity index (χ1v) is 43.3. The summed E-state index contributed by atoms with van der Waals surface area (Å²) < 4.78 is 22.8. The molecule has 4 amide bonds. The molecule has 17 nitrogen and oxygen atoms in total. The van der Waals surface area contributed by atoms with Crippen molar-refractivity contribution in [3.63, 3.8) is 0 Å². The molecule has 4 fully saturated rings. The van der Waals surface area contributed by atoms with Crippen LogP contribution in [0.4, 0.5) is 22.7 Å². The van der Waals surface area contributed by atoms with Gasteiger partial charge in [0.1, 0.15) is 29.1 Å². The number of amidine groups is 4. The van der Waals surface area contributed by atoms with Crippen LogP contribution in [0.2, 0.25) is 5.02 Å². The zero-order valence-corrected chi connectivity index (χ0v) is 72.2. The Morgan fingerprint density at radius 1 is 0.414 bits per heavy atom. The van der Waals surface area contributed by atoms with E-state index in [1.54, 1.807) is 25.7 Å². The number of carbonyl (C=O) groups is 4. The highest BCUT2D eigenvalue weighted by Gasteiger charge is 2.40. The molecule has 4 saturated heterocycles. The predicted molar refractivity (Wildman–Crippen MR) is 484 cm³/mol. The Hall–Kier alpha value is -9.87. The van der Waals surface area contributed by atoms with E-state index >= 15 is 0 Å². The Bertz CT molecular complexity index is 5390. The van der Waals surface area contributed by atoms with Gasteiger partial charge in [-0.05, 0) is 352 Å². The van der Waals surface area contributed by atoms with E-state index in [4.69, 9.17) is 45.5 Å². The van der Waals surface area contributed by atoms with Crippen LogP contribution in [0, 0.1) is 41.5 Å². The molecule has 0 radical (unpaired) electrons. The van der Waals surface area contributed by atoms with Crippen molar-refractivity contribution in [2.24, 2.45) is 20.0 Å². The van der Waals surface area contributed by atoms with Crippen LogP contribution in [0.5, 0.6) is 23.0 Å². The summed E-state index contributed by atoms with van der Waals surface area (Å²) in [6.45, 7) is 30.7. The monoisotopic (exact) mass is 1650 g/mol. The number of halogens is 1. The van der Waals surface area contributed by atoms with Crippen LogP contribution in [0.1, 0.15) is 153 Å². The molecule has 0 bridgehead atoms. The molecule has 0 aromatic heterocycles. The number of hydrogen-bond acceptors (Lipinski definition) is 17. The largest absolute Gasteiger partial charge is 0.493 e. The van der Waals surface area contributed by atoms with Gasteiger partial charge in [-0.1, -0.05) is 96.0 Å². The van der Waals surface area contributed by atoms with Gasteiger partial charge >= 0.3 is 0 Å². The predicted octanol–water partition coefficient (Wildman–Crippen LogP) is 21.1. The smallest absolute Gasteiger partial charge is 0.271 e. The average Bonchev–Trinajstić information content (AvgIpc) is 1.64. The number of benzene rings is 8. The van der Waals surface area contributed by atoms with Crippen LogP contribution < -0.4 is 38.5 Å². The summed E-state index contributed by atoms with van der Waals surface area (Å²) >= 11 is 12.1. The van der Waals surface area contributed by atoms with Crippen LogP contribution in [0.3, 0.4) is 0 Å². The van der Waals surface area contributed by atoms with E-state index in [1.165, 1.54) is 69.3 Å². The van der Waals surface area contributed by atoms with Gasteiger partial charge in [-0.2, -0.15) is 0 Å². The van der Waals surface area contributed by atoms with Gasteiger partial charge in [0, 0.05) is 30.6 Å². The molecule has 0 saturated carbocycles. The number of thioether (sulfide) groups is 4. The third-order valence-electron chi connectivity index (χ3n) is 20.0. The van der Waals surface area contributed by atoms with Gasteiger partial charge in [-0.25, -0.2) is 0 Å². The normalized spacial score (nSPS) is 19.7. The molecular weight excluding hydrogens is 1550 g/mol. The second-order valence-electron chi connectivity index (χ2n) is 30.7. The number of amides is 4. The van der Waals surface area contributed by atoms with E-state index in [1.807, 2.05) is 217 Å². The second-order valence-corrected chi connectivity index (χ2v) is 35.1. The molecule has 8 heterocycles. The molecule has 16 rings (SSSR count). The first kappa shape index (κ1) is 84.1. The minimum absolute atomic E-state index is 0.0132. The van der Waals surface area contributed by atoms with Crippen LogP contribution in [-0.2, 0) is 44.9 Å². The molecule has 0 aliphatic carbocycles. The number of carbonyl (C=O) groups excluding carboxylic acids is 4. The number of anilines is 4. The van der Waals surface area contributed by atoms with Crippen LogP contribution in [0.25, 0.3) is 24.3 Å². The zero-order valence-electron chi connectivity index (χ0n) is 68.2. The van der Waals surface area contributed by atoms with Crippen molar-refractivity contribution < 1.29 is 43.2 Å². The van der Waals surface area contributed by atoms with E-state index in [0.29, 0.717) is 47.3 Å². The van der Waals surface area contributed by atoms with Crippen molar-refractivity contribution in [1.29, 1.82) is 0 Å². The lowest BCUT2D eigenvalue weighted by Crippen LogP contribution is -2.30. The summed E-state index contributed by atoms with van der Waals surface area (Å²) in [5.41, 5.74) is 18.7. The summed E-state index contributed by atoms with van der Waals surface area (Å²) in [4.78, 5) is 81.8. The molecule has 8 aromatic carbocycles. The number of fused-ring (bicyclic) bond motifs is 4. The third-order valence-corrected chi connectivity index (χ3v) is 24.2. The van der Waals surface area contributed by atoms with Gasteiger partial charge in [0.25, 0.3) is 23.6 Å². The Kier molecular flexibility index (Phi) is 27.2. The fourth-order valence-corrected chi connectivity index (χ4v) is 18.9. The molecule has 600 valence electrons. The Morgan fingerprint density at radius 3 is 1.26 bits per heavy atom. The van der Waals surface area contributed by atoms with E-state index in [2.05, 4.69) is 55.2 Å². The molecule has 1 N–H and O–H groups in total. The van der Waals surface area contributed by atoms with Gasteiger partial charge in [0.05, 0.1) is 73.8 Å². The highest BCUT2D eigenvalue weighted by Crippen LogP contribution is 2.45. The van der Waals surface area contributed by atoms with Crippen molar-refractivity contribution in [1.82, 2.24) is 0 Å². The number of aliphatic hydroxyl groups excluding tert-OH is 1. The third kappa shape index (κ3) is 19.7. The van der Waals surface area contributed by atoms with E-state index < -0.39 is 0 Å². The maximum absolute atomic E-state index is 13.4. The van der Waals surface area contributed by atoms with E-state index in [9.17, 15) is 24.3 Å². The number of aliphatic imine (C=N–C) groups is 4. The van der Waals surface area contributed by atoms with Crippen molar-refractivity contribution in [3.05, 3.63) is 254 Å². The summed E-state index contributed by atoms with van der Waals surface area (Å²) in [5, 5.41) is 12.7. The number of para-hydroxylation sites is 2. The van der Waals surface area contributed by atoms with Crippen molar-refractivity contribution in [2.75, 3.05) is 46.0 Å². The molecule has 8 aliphatic rings. The molecule has 8 aromatic rings. The summed E-state index contributed by atoms with van der Waals surface area (Å²) in [6, 6.07) is 50.3. The van der Waals surface area contributed by atoms with Crippen LogP contribution in [0.15, 0.2) is 191 Å². The van der Waals surface area contributed by atoms with Gasteiger partial charge in [-0.3, -0.25) is 58.7 Å². The maximum Gasteiger partial charge on any atom is 0.271 e. The standard InChI is InChI=1S/C25H28N2O3S.2C24H26N2O2S.C21H19ClN2O2S/c1-15(2)26-25-27(21-7-5-6-16(3)17(21)4)24(29)23(31-25)13-18-8-11-22-19(12-18)9-10-20(14-28)30-22;1-15(2)25-24-26(22-16(3)7-5-8-17(22)4)23(27)21(29-24)14-18-10-11-20-19(13-18)9-6-12-28-20;1-15(2)25-24-26(20-9-7-16(3)12-17(20)4)23(27)22(29-24)14-18-8-10-21-19(13-18)6-5-11-28-21;1-13(2)23-21-24(17-6-4-3-5-16(17)22)20(25)19(27-21)12-14-7-8-18-15(11-14)9-10-26-18/h5-8,11-13,15,20,28H,9-10,14H2,1-4H3;5,7-8,10-11,13-15H,6,9,12H2,1-4H3;7-10,12-15H,5-6,11H2,1-4H3;3-8,11-13H,9-10H2,1-2H3/b23-13-,26-25?;21-14-,25-24?;22-14-,25-24?;19-12-,23-21?. The van der Waals surface area contributed by atoms with Crippen LogP contribution >= 0.6 is 58.6 Å². The Labute approximate surface area is 703 Å². The zero-order chi connectivity index (χ0) is 82.2. The highest BCUT2D eigenvalue weighted by molar-refractivity contribution is 8.20. The molecule has 22 heteroatoms. The minimum Gasteiger partial charge on any atom is -0.493 e. The fourth-order valence-electron chi connectivity index (χ4n) is 14.3. The number of hydrogen-bond donors (Lipinski definition) is 1. The molecule has 0 spiro atoms. The topological polar surface area (TPSA) is 188 Å². The first-order chi connectivity index (χ1) is 55.7. The molecule has 116 heavy (non-hydrogen) atoms. The fraction of sp³-hybridized carbons (Fsp3) is 0.319. The number of rotatable bonds is 13. The van der Waals surface area contributed by atoms with Crippen molar-refractivity contribution in [3.8, 4) is 23.0 Å². The Morgan fingerprint density at radius 2 is 0.802 bits per heavy atom. The summed E-state index contributed by atoms with van der Waals surface area (Å²) in [6.07, 6.45) is 14.3. The summed E-state index contributed by atoms with van der Waals surface area (Å²) in [7, 11) is 0. The van der Waals surface area contributed by atoms with Gasteiger partial charge in [0.2, 0.25) is 0 Å². The van der Waals surface area contributed by atoms with Crippen LogP contribution in [-0.4, -0.2) is 106 Å². The van der Waals surface area contributed by atoms with Crippen molar-refractivity contribution >= 4 is 150 Å². The second kappa shape index (κ2) is 37.6. The number of ether oxygens (including phenoxy) is 4. The first-order valence-electron chi connectivity index (χ1n) is 39.6. The van der Waals surface area contributed by atoms with Gasteiger partial charge in [-0.15, -0.1) is 0 Å². The number of aryl methyl sites for hydroxylation is 8. The van der Waals surface area contributed by atoms with Gasteiger partial charge in [0.15, 0.2) is 20.7 Å². The summed E-state index contributed by atoms with van der Waals surface area (Å²) in [5.74, 6) is 3.48. The number of aliphatic hydroxyl groups is 1. The van der Waals surface area contributed by atoms with Gasteiger partial charge < -0.3 is 24.1 Å². The Balaban J connectivity index is 0.000000135. The minimum atomic E-state index is -0.135. The highest BCUT2D eigenvalue weighted by atomic mass is 35.5. The maximum atomic E-state index is 13.4. The lowest BCUT2D eigenvalue weighted by Gasteiger charge is -2.24. The van der Waals surface area contributed by atoms with E-state index in [0.717, 1.165) is 164 Å². The molecular formula is C94H99ClN8O9S4.